The molecule has 1 aromatic carbocycles. The molecule has 1 aliphatic rings. The molecule has 0 saturated carbocycles. The second kappa shape index (κ2) is 9.72. The van der Waals surface area contributed by atoms with Gasteiger partial charge < -0.3 is 14.8 Å². The molecular weight excluding hydrogens is 374 g/mol. The van der Waals surface area contributed by atoms with Crippen LogP contribution in [0.25, 0.3) is 5.57 Å². The van der Waals surface area contributed by atoms with Gasteiger partial charge in [0.2, 0.25) is 0 Å². The van der Waals surface area contributed by atoms with Crippen LogP contribution in [-0.2, 0) is 10.2 Å². The van der Waals surface area contributed by atoms with Crippen molar-refractivity contribution in [2.45, 2.75) is 25.7 Å². The molecule has 0 aliphatic heterocycles. The number of likely N-dealkylation sites (N-methyl/N-ethyl adjacent to an activating group) is 1. The van der Waals surface area contributed by atoms with E-state index in [0.717, 1.165) is 34.6 Å². The number of ether oxygens (including phenoxy) is 1. The molecule has 0 bridgehead atoms. The SMILES string of the molecule is CC/C(=N\O)C1C(c2ccc(N(C)CCOC)cc2)=CC=CC1(C)c1ccncc1. The lowest BCUT2D eigenvalue weighted by Crippen LogP contribution is -2.38. The van der Waals surface area contributed by atoms with Gasteiger partial charge in [-0.1, -0.05) is 49.4 Å². The Bertz CT molecular complexity index is 919. The summed E-state index contributed by atoms with van der Waals surface area (Å²) in [6, 6.07) is 12.6. The number of methoxy groups -OCH3 is 1. The van der Waals surface area contributed by atoms with E-state index in [1.807, 2.05) is 31.5 Å². The van der Waals surface area contributed by atoms with Crippen LogP contribution in [0.3, 0.4) is 0 Å². The van der Waals surface area contributed by atoms with Crippen molar-refractivity contribution in [3.63, 3.8) is 0 Å². The quantitative estimate of drug-likeness (QED) is 0.384. The molecule has 0 amide bonds. The lowest BCUT2D eigenvalue weighted by molar-refractivity contribution is 0.206. The minimum absolute atomic E-state index is 0.0722. The third-order valence-electron chi connectivity index (χ3n) is 6.03. The Morgan fingerprint density at radius 1 is 1.20 bits per heavy atom. The van der Waals surface area contributed by atoms with E-state index >= 15 is 0 Å². The van der Waals surface area contributed by atoms with E-state index in [4.69, 9.17) is 4.74 Å². The number of nitrogens with zero attached hydrogens (tertiary/aromatic N) is 3. The van der Waals surface area contributed by atoms with Crippen molar-refractivity contribution in [3.05, 3.63) is 78.1 Å². The van der Waals surface area contributed by atoms with E-state index in [-0.39, 0.29) is 11.3 Å². The van der Waals surface area contributed by atoms with Crippen LogP contribution in [0.15, 0.2) is 72.2 Å². The van der Waals surface area contributed by atoms with Crippen LogP contribution >= 0.6 is 0 Å². The molecular formula is C25H31N3O2. The Kier molecular flexibility index (Phi) is 7.06. The molecule has 0 radical (unpaired) electrons. The lowest BCUT2D eigenvalue weighted by Gasteiger charge is -2.40. The molecule has 5 heteroatoms. The number of hydrogen-bond donors (Lipinski definition) is 1. The van der Waals surface area contributed by atoms with Crippen molar-refractivity contribution in [1.82, 2.24) is 4.98 Å². The van der Waals surface area contributed by atoms with E-state index in [9.17, 15) is 5.21 Å². The molecule has 1 aromatic heterocycles. The minimum atomic E-state index is -0.335. The third-order valence-corrected chi connectivity index (χ3v) is 6.03. The van der Waals surface area contributed by atoms with Gasteiger partial charge in [0.05, 0.1) is 12.3 Å². The molecule has 0 spiro atoms. The standard InChI is InChI=1S/C25H31N3O2/c1-5-23(27-29)24-22(7-6-14-25(24,2)20-12-15-26-16-13-20)19-8-10-21(11-9-19)28(3)17-18-30-4/h6-16,24,29H,5,17-18H2,1-4H3/b27-23+. The second-order valence-corrected chi connectivity index (χ2v) is 7.84. The smallest absolute Gasteiger partial charge is 0.0654 e. The fourth-order valence-corrected chi connectivity index (χ4v) is 4.23. The van der Waals surface area contributed by atoms with Crippen LogP contribution in [-0.4, -0.2) is 43.2 Å². The molecule has 1 aliphatic carbocycles. The van der Waals surface area contributed by atoms with E-state index in [1.165, 1.54) is 0 Å². The zero-order valence-electron chi connectivity index (χ0n) is 18.2. The average Bonchev–Trinajstić information content (AvgIpc) is 2.80. The highest BCUT2D eigenvalue weighted by Crippen LogP contribution is 2.45. The molecule has 30 heavy (non-hydrogen) atoms. The van der Waals surface area contributed by atoms with Crippen LogP contribution in [0.4, 0.5) is 5.69 Å². The number of hydrogen-bond acceptors (Lipinski definition) is 5. The number of aromatic nitrogens is 1. The average molecular weight is 406 g/mol. The van der Waals surface area contributed by atoms with Crippen molar-refractivity contribution in [3.8, 4) is 0 Å². The maximum atomic E-state index is 9.83. The van der Waals surface area contributed by atoms with E-state index < -0.39 is 0 Å². The summed E-state index contributed by atoms with van der Waals surface area (Å²) >= 11 is 0. The zero-order chi connectivity index (χ0) is 21.6. The summed E-state index contributed by atoms with van der Waals surface area (Å²) in [4.78, 5) is 6.35. The molecule has 2 atom stereocenters. The van der Waals surface area contributed by atoms with Gasteiger partial charge in [0, 0.05) is 50.1 Å². The van der Waals surface area contributed by atoms with E-state index in [1.54, 1.807) is 7.11 Å². The Balaban J connectivity index is 2.00. The maximum Gasteiger partial charge on any atom is 0.0654 e. The van der Waals surface area contributed by atoms with Gasteiger partial charge in [-0.05, 0) is 47.4 Å². The van der Waals surface area contributed by atoms with Gasteiger partial charge in [0.1, 0.15) is 0 Å². The molecule has 1 N–H and O–H groups in total. The molecule has 2 aromatic rings. The monoisotopic (exact) mass is 405 g/mol. The highest BCUT2D eigenvalue weighted by molar-refractivity contribution is 5.99. The Morgan fingerprint density at radius 2 is 1.90 bits per heavy atom. The van der Waals surface area contributed by atoms with Crippen LogP contribution in [0.2, 0.25) is 0 Å². The van der Waals surface area contributed by atoms with Crippen molar-refractivity contribution in [2.24, 2.45) is 11.1 Å². The van der Waals surface area contributed by atoms with E-state index in [2.05, 4.69) is 71.5 Å². The van der Waals surface area contributed by atoms with Gasteiger partial charge >= 0.3 is 0 Å². The third kappa shape index (κ3) is 4.31. The van der Waals surface area contributed by atoms with Crippen molar-refractivity contribution in [2.75, 3.05) is 32.2 Å². The molecule has 2 unspecified atom stereocenters. The van der Waals surface area contributed by atoms with Gasteiger partial charge in [0.15, 0.2) is 0 Å². The first kappa shape index (κ1) is 21.8. The first-order valence-corrected chi connectivity index (χ1v) is 10.4. The van der Waals surface area contributed by atoms with Crippen molar-refractivity contribution in [1.29, 1.82) is 0 Å². The summed E-state index contributed by atoms with van der Waals surface area (Å²) in [7, 11) is 3.78. The van der Waals surface area contributed by atoms with Gasteiger partial charge in [-0.3, -0.25) is 4.98 Å². The highest BCUT2D eigenvalue weighted by Gasteiger charge is 2.41. The predicted octanol–water partition coefficient (Wildman–Crippen LogP) is 4.93. The number of rotatable bonds is 8. The molecule has 0 saturated heterocycles. The van der Waals surface area contributed by atoms with Crippen LogP contribution in [0, 0.1) is 5.92 Å². The normalized spacial score (nSPS) is 21.4. The van der Waals surface area contributed by atoms with Gasteiger partial charge in [-0.15, -0.1) is 0 Å². The molecule has 0 fully saturated rings. The summed E-state index contributed by atoms with van der Waals surface area (Å²) in [6.07, 6.45) is 10.7. The number of allylic oxidation sites excluding steroid dienone is 4. The first-order valence-electron chi connectivity index (χ1n) is 10.4. The van der Waals surface area contributed by atoms with Crippen LogP contribution < -0.4 is 4.90 Å². The summed E-state index contributed by atoms with van der Waals surface area (Å²) in [5.74, 6) is -0.0722. The fourth-order valence-electron chi connectivity index (χ4n) is 4.23. The summed E-state index contributed by atoms with van der Waals surface area (Å²) in [6.45, 7) is 5.75. The topological polar surface area (TPSA) is 58.0 Å². The number of anilines is 1. The number of pyridine rings is 1. The molecule has 1 heterocycles. The van der Waals surface area contributed by atoms with Gasteiger partial charge in [0.25, 0.3) is 0 Å². The van der Waals surface area contributed by atoms with E-state index in [0.29, 0.717) is 13.0 Å². The van der Waals surface area contributed by atoms with Crippen LogP contribution in [0.5, 0.6) is 0 Å². The first-order chi connectivity index (χ1) is 14.5. The second-order valence-electron chi connectivity index (χ2n) is 7.84. The predicted molar refractivity (Wildman–Crippen MR) is 123 cm³/mol. The summed E-state index contributed by atoms with van der Waals surface area (Å²) < 4.78 is 5.18. The summed E-state index contributed by atoms with van der Waals surface area (Å²) in [5.41, 5.74) is 5.00. The molecule has 3 rings (SSSR count). The fraction of sp³-hybridized carbons (Fsp3) is 0.360. The Labute approximate surface area is 179 Å². The van der Waals surface area contributed by atoms with Crippen molar-refractivity contribution >= 4 is 17.0 Å². The number of oxime groups is 1. The Hall–Kier alpha value is -2.92. The minimum Gasteiger partial charge on any atom is -0.411 e. The van der Waals surface area contributed by atoms with Gasteiger partial charge in [-0.2, -0.15) is 0 Å². The Morgan fingerprint density at radius 3 is 2.50 bits per heavy atom. The van der Waals surface area contributed by atoms with Crippen LogP contribution in [0.1, 0.15) is 31.4 Å². The lowest BCUT2D eigenvalue weighted by atomic mass is 9.63. The summed E-state index contributed by atoms with van der Waals surface area (Å²) in [5, 5.41) is 13.5. The zero-order valence-corrected chi connectivity index (χ0v) is 18.2. The molecule has 5 nitrogen and oxygen atoms in total. The number of benzene rings is 1. The maximum absolute atomic E-state index is 9.83. The largest absolute Gasteiger partial charge is 0.411 e. The van der Waals surface area contributed by atoms with Gasteiger partial charge in [-0.25, -0.2) is 0 Å². The molecule has 158 valence electrons. The highest BCUT2D eigenvalue weighted by atomic mass is 16.5. The van der Waals surface area contributed by atoms with Crippen molar-refractivity contribution < 1.29 is 9.94 Å².